The van der Waals surface area contributed by atoms with E-state index in [0.717, 1.165) is 17.0 Å². The molecule has 3 nitrogen and oxygen atoms in total. The molecular weight excluding hydrogens is 282 g/mol. The average molecular weight is 304 g/mol. The maximum atomic E-state index is 4.65. The molecular formula is C20H22N3+. The zero-order valence-corrected chi connectivity index (χ0v) is 13.3. The normalized spacial score (nSPS) is 15.6. The van der Waals surface area contributed by atoms with E-state index in [1.54, 1.807) is 0 Å². The minimum atomic E-state index is 0.398. The van der Waals surface area contributed by atoms with Crippen LogP contribution in [-0.4, -0.2) is 11.8 Å². The predicted octanol–water partition coefficient (Wildman–Crippen LogP) is 5.17. The predicted molar refractivity (Wildman–Crippen MR) is 97.2 cm³/mol. The highest BCUT2D eigenvalue weighted by Crippen LogP contribution is 2.20. The lowest BCUT2D eigenvalue weighted by Gasteiger charge is -2.07. The molecule has 0 amide bonds. The van der Waals surface area contributed by atoms with E-state index in [4.69, 9.17) is 0 Å². The van der Waals surface area contributed by atoms with Gasteiger partial charge in [-0.25, -0.2) is 0 Å². The van der Waals surface area contributed by atoms with Crippen molar-refractivity contribution in [3.05, 3.63) is 71.1 Å². The van der Waals surface area contributed by atoms with Gasteiger partial charge in [-0.1, -0.05) is 59.8 Å². The highest BCUT2D eigenvalue weighted by atomic mass is 15.3. The van der Waals surface area contributed by atoms with E-state index in [0.29, 0.717) is 6.04 Å². The van der Waals surface area contributed by atoms with Gasteiger partial charge in [0.1, 0.15) is 0 Å². The number of para-hydroxylation sites is 1. The summed E-state index contributed by atoms with van der Waals surface area (Å²) in [5, 5.41) is 4.51. The fourth-order valence-electron chi connectivity index (χ4n) is 2.75. The topological polar surface area (TPSA) is 28.8 Å². The first-order valence-corrected chi connectivity index (χ1v) is 8.32. The zero-order chi connectivity index (χ0) is 15.7. The van der Waals surface area contributed by atoms with Crippen LogP contribution in [0.2, 0.25) is 0 Å². The Morgan fingerprint density at radius 1 is 0.913 bits per heavy atom. The van der Waals surface area contributed by atoms with Crippen molar-refractivity contribution < 1.29 is 0 Å². The van der Waals surface area contributed by atoms with E-state index >= 15 is 0 Å². The van der Waals surface area contributed by atoms with Crippen LogP contribution in [0.15, 0.2) is 65.8 Å². The Hall–Kier alpha value is -2.60. The molecule has 116 valence electrons. The zero-order valence-electron chi connectivity index (χ0n) is 13.3. The first-order valence-electron chi connectivity index (χ1n) is 8.32. The number of nitrogens with one attached hydrogen (secondary N) is 1. The standard InChI is InChI=1S/C20H21N3/c1-4-10-17(11-5-1)20(16-21-18-12-6-2-7-13-18)23-22-19-14-8-3-9-15-19/h1,3-5,8-11,14-15,18H,2,6-7,12-13H2/p+1. The summed E-state index contributed by atoms with van der Waals surface area (Å²) in [4.78, 5) is 4.65. The van der Waals surface area contributed by atoms with Crippen molar-refractivity contribution in [3.8, 4) is 6.07 Å². The van der Waals surface area contributed by atoms with Crippen molar-refractivity contribution >= 4 is 11.4 Å². The highest BCUT2D eigenvalue weighted by Gasteiger charge is 2.21. The van der Waals surface area contributed by atoms with Crippen LogP contribution in [0, 0.1) is 6.07 Å². The summed E-state index contributed by atoms with van der Waals surface area (Å²) in [5.74, 6) is 0. The van der Waals surface area contributed by atoms with Gasteiger partial charge in [0.15, 0.2) is 0 Å². The van der Waals surface area contributed by atoms with E-state index in [9.17, 15) is 0 Å². The summed E-state index contributed by atoms with van der Waals surface area (Å²) in [5.41, 5.74) is 5.83. The molecule has 0 aromatic heterocycles. The Kier molecular flexibility index (Phi) is 5.42. The van der Waals surface area contributed by atoms with Crippen LogP contribution >= 0.6 is 0 Å². The monoisotopic (exact) mass is 304 g/mol. The second-order valence-corrected chi connectivity index (χ2v) is 5.84. The van der Waals surface area contributed by atoms with Crippen LogP contribution in [-0.2, 0) is 0 Å². The Labute approximate surface area is 137 Å². The summed E-state index contributed by atoms with van der Waals surface area (Å²) in [6.07, 6.45) is 6.22. The first kappa shape index (κ1) is 15.3. The van der Waals surface area contributed by atoms with Gasteiger partial charge in [0.05, 0.1) is 5.69 Å². The largest absolute Gasteiger partial charge is 0.334 e. The van der Waals surface area contributed by atoms with E-state index in [2.05, 4.69) is 21.4 Å². The second-order valence-electron chi connectivity index (χ2n) is 5.84. The van der Waals surface area contributed by atoms with Gasteiger partial charge in [-0.3, -0.25) is 5.43 Å². The number of hydrogen-bond donors (Lipinski definition) is 1. The molecule has 3 heteroatoms. The van der Waals surface area contributed by atoms with Crippen molar-refractivity contribution in [2.75, 3.05) is 5.43 Å². The lowest BCUT2D eigenvalue weighted by atomic mass is 9.96. The number of hydrazone groups is 1. The Morgan fingerprint density at radius 3 is 2.26 bits per heavy atom. The van der Waals surface area contributed by atoms with Gasteiger partial charge in [0, 0.05) is 18.4 Å². The SMILES string of the molecule is C(#[N+]C1CCCCC1)/C(=N\Nc1ccccc1)c1ccccc1. The fourth-order valence-corrected chi connectivity index (χ4v) is 2.75. The van der Waals surface area contributed by atoms with E-state index in [1.807, 2.05) is 60.7 Å². The van der Waals surface area contributed by atoms with Crippen molar-refractivity contribution in [1.82, 2.24) is 0 Å². The van der Waals surface area contributed by atoms with Gasteiger partial charge in [0.2, 0.25) is 5.71 Å². The van der Waals surface area contributed by atoms with Gasteiger partial charge < -0.3 is 0 Å². The molecule has 0 aliphatic heterocycles. The van der Waals surface area contributed by atoms with E-state index < -0.39 is 0 Å². The molecule has 0 atom stereocenters. The molecule has 2 aromatic carbocycles. The molecule has 2 aromatic rings. The molecule has 0 bridgehead atoms. The Morgan fingerprint density at radius 2 is 1.57 bits per heavy atom. The Balaban J connectivity index is 1.80. The number of benzene rings is 2. The van der Waals surface area contributed by atoms with Gasteiger partial charge in [-0.2, -0.15) is 5.10 Å². The molecule has 0 spiro atoms. The molecule has 3 rings (SSSR count). The number of anilines is 1. The Bertz CT molecular complexity index is 690. The van der Waals surface area contributed by atoms with Gasteiger partial charge in [-0.05, 0) is 25.0 Å². The molecule has 1 aliphatic rings. The molecule has 0 radical (unpaired) electrons. The van der Waals surface area contributed by atoms with Crippen molar-refractivity contribution in [3.63, 3.8) is 0 Å². The van der Waals surface area contributed by atoms with Crippen LogP contribution < -0.4 is 5.43 Å². The van der Waals surface area contributed by atoms with Crippen LogP contribution in [0.5, 0.6) is 0 Å². The van der Waals surface area contributed by atoms with Crippen LogP contribution in [0.1, 0.15) is 37.7 Å². The first-order chi connectivity index (χ1) is 11.4. The molecule has 0 heterocycles. The third-order valence-electron chi connectivity index (χ3n) is 4.05. The molecule has 1 fully saturated rings. The van der Waals surface area contributed by atoms with Crippen molar-refractivity contribution in [2.45, 2.75) is 38.1 Å². The summed E-state index contributed by atoms with van der Waals surface area (Å²) in [6.45, 7) is 0. The average Bonchev–Trinajstić information content (AvgIpc) is 2.64. The molecule has 1 N–H and O–H groups in total. The minimum Gasteiger partial charge on any atom is -0.277 e. The van der Waals surface area contributed by atoms with E-state index in [-0.39, 0.29) is 0 Å². The minimum absolute atomic E-state index is 0.398. The molecule has 0 unspecified atom stereocenters. The summed E-state index contributed by atoms with van der Waals surface area (Å²) in [7, 11) is 0. The second kappa shape index (κ2) is 8.14. The van der Waals surface area contributed by atoms with Gasteiger partial charge >= 0.3 is 6.07 Å². The highest BCUT2D eigenvalue weighted by molar-refractivity contribution is 6.12. The quantitative estimate of drug-likeness (QED) is 0.615. The lowest BCUT2D eigenvalue weighted by molar-refractivity contribution is 0.481. The van der Waals surface area contributed by atoms with E-state index in [1.165, 1.54) is 32.1 Å². The van der Waals surface area contributed by atoms with Crippen molar-refractivity contribution in [1.29, 1.82) is 0 Å². The number of hydrogen-bond acceptors (Lipinski definition) is 2. The van der Waals surface area contributed by atoms with Gasteiger partial charge in [-0.15, -0.1) is 0 Å². The maximum absolute atomic E-state index is 4.65. The van der Waals surface area contributed by atoms with Crippen molar-refractivity contribution in [2.24, 2.45) is 5.10 Å². The van der Waals surface area contributed by atoms with Gasteiger partial charge in [0.25, 0.3) is 6.04 Å². The molecule has 1 saturated carbocycles. The summed E-state index contributed by atoms with van der Waals surface area (Å²) >= 11 is 0. The molecule has 0 saturated heterocycles. The molecule has 23 heavy (non-hydrogen) atoms. The van der Waals surface area contributed by atoms with Crippen LogP contribution in [0.25, 0.3) is 4.85 Å². The summed E-state index contributed by atoms with van der Waals surface area (Å²) < 4.78 is 0. The van der Waals surface area contributed by atoms with Crippen LogP contribution in [0.4, 0.5) is 5.69 Å². The lowest BCUT2D eigenvalue weighted by Crippen LogP contribution is -2.08. The smallest absolute Gasteiger partial charge is 0.277 e. The fraction of sp³-hybridized carbons (Fsp3) is 0.300. The molecule has 1 aliphatic carbocycles. The number of nitrogens with zero attached hydrogens (tertiary/aromatic N) is 2. The summed E-state index contributed by atoms with van der Waals surface area (Å²) in [6, 6.07) is 23.6. The third-order valence-corrected chi connectivity index (χ3v) is 4.05. The van der Waals surface area contributed by atoms with Crippen LogP contribution in [0.3, 0.4) is 0 Å². The number of rotatable bonds is 3. The maximum Gasteiger partial charge on any atom is 0.334 e. The third kappa shape index (κ3) is 4.69.